The van der Waals surface area contributed by atoms with E-state index in [1.165, 1.54) is 0 Å². The maximum Gasteiger partial charge on any atom is 0.223 e. The third kappa shape index (κ3) is 5.60. The number of aromatic nitrogens is 2. The van der Waals surface area contributed by atoms with Crippen LogP contribution in [0.2, 0.25) is 0 Å². The second kappa shape index (κ2) is 7.19. The quantitative estimate of drug-likeness (QED) is 0.770. The number of methoxy groups -OCH3 is 1. The van der Waals surface area contributed by atoms with E-state index in [0.717, 1.165) is 37.6 Å². The number of rotatable bonds is 7. The highest BCUT2D eigenvalue weighted by atomic mass is 16.5. The topological polar surface area (TPSA) is 50.3 Å². The van der Waals surface area contributed by atoms with Gasteiger partial charge in [0.2, 0.25) is 5.95 Å². The monoisotopic (exact) mass is 238 g/mol. The zero-order valence-corrected chi connectivity index (χ0v) is 11.2. The first-order valence-corrected chi connectivity index (χ1v) is 5.85. The molecule has 17 heavy (non-hydrogen) atoms. The summed E-state index contributed by atoms with van der Waals surface area (Å²) in [6, 6.07) is 1.97. The first-order chi connectivity index (χ1) is 8.11. The molecule has 96 valence electrons. The summed E-state index contributed by atoms with van der Waals surface area (Å²) in [5, 5.41) is 3.23. The molecule has 1 N–H and O–H groups in total. The SMILES string of the molecule is COCCN(C)CCNc1nc(C)cc(C)n1. The minimum atomic E-state index is 0.711. The Hall–Kier alpha value is -1.20. The molecule has 0 fully saturated rings. The van der Waals surface area contributed by atoms with Gasteiger partial charge in [-0.1, -0.05) is 0 Å². The summed E-state index contributed by atoms with van der Waals surface area (Å²) in [6.07, 6.45) is 0. The average Bonchev–Trinajstić information content (AvgIpc) is 2.25. The number of hydrogen-bond acceptors (Lipinski definition) is 5. The van der Waals surface area contributed by atoms with Gasteiger partial charge in [-0.3, -0.25) is 0 Å². The van der Waals surface area contributed by atoms with Crippen molar-refractivity contribution in [2.45, 2.75) is 13.8 Å². The van der Waals surface area contributed by atoms with Gasteiger partial charge in [0.15, 0.2) is 0 Å². The van der Waals surface area contributed by atoms with Crippen molar-refractivity contribution in [3.8, 4) is 0 Å². The van der Waals surface area contributed by atoms with E-state index in [1.54, 1.807) is 7.11 Å². The molecule has 0 atom stereocenters. The molecule has 0 aromatic carbocycles. The molecule has 5 heteroatoms. The van der Waals surface area contributed by atoms with Crippen LogP contribution in [0.5, 0.6) is 0 Å². The molecule has 0 aliphatic rings. The molecule has 0 spiro atoms. The van der Waals surface area contributed by atoms with Gasteiger partial charge in [0.1, 0.15) is 0 Å². The molecule has 5 nitrogen and oxygen atoms in total. The van der Waals surface area contributed by atoms with Crippen LogP contribution in [-0.4, -0.2) is 55.3 Å². The molecular formula is C12H22N4O. The zero-order chi connectivity index (χ0) is 12.7. The Balaban J connectivity index is 2.30. The van der Waals surface area contributed by atoms with Crippen LogP contribution in [0.4, 0.5) is 5.95 Å². The third-order valence-corrected chi connectivity index (χ3v) is 2.44. The van der Waals surface area contributed by atoms with Crippen LogP contribution in [0.1, 0.15) is 11.4 Å². The molecule has 0 saturated carbocycles. The normalized spacial score (nSPS) is 10.9. The number of anilines is 1. The molecule has 1 heterocycles. The lowest BCUT2D eigenvalue weighted by Crippen LogP contribution is -2.28. The fourth-order valence-corrected chi connectivity index (χ4v) is 1.52. The summed E-state index contributed by atoms with van der Waals surface area (Å²) in [7, 11) is 3.79. The van der Waals surface area contributed by atoms with Crippen molar-refractivity contribution in [3.63, 3.8) is 0 Å². The van der Waals surface area contributed by atoms with Crippen LogP contribution in [0.25, 0.3) is 0 Å². The molecular weight excluding hydrogens is 216 g/mol. The summed E-state index contributed by atoms with van der Waals surface area (Å²) in [6.45, 7) is 7.43. The fourth-order valence-electron chi connectivity index (χ4n) is 1.52. The van der Waals surface area contributed by atoms with Crippen LogP contribution >= 0.6 is 0 Å². The Morgan fingerprint density at radius 3 is 2.47 bits per heavy atom. The highest BCUT2D eigenvalue weighted by molar-refractivity contribution is 5.27. The van der Waals surface area contributed by atoms with Gasteiger partial charge in [-0.15, -0.1) is 0 Å². The highest BCUT2D eigenvalue weighted by Gasteiger charge is 2.00. The predicted molar refractivity (Wildman–Crippen MR) is 69.4 cm³/mol. The van der Waals surface area contributed by atoms with Gasteiger partial charge in [0.25, 0.3) is 0 Å². The van der Waals surface area contributed by atoms with Crippen molar-refractivity contribution in [3.05, 3.63) is 17.5 Å². The Morgan fingerprint density at radius 2 is 1.88 bits per heavy atom. The summed E-state index contributed by atoms with van der Waals surface area (Å²) in [4.78, 5) is 10.9. The summed E-state index contributed by atoms with van der Waals surface area (Å²) >= 11 is 0. The van der Waals surface area contributed by atoms with E-state index in [1.807, 2.05) is 19.9 Å². The average molecular weight is 238 g/mol. The van der Waals surface area contributed by atoms with E-state index >= 15 is 0 Å². The first kappa shape index (κ1) is 13.9. The van der Waals surface area contributed by atoms with Gasteiger partial charge in [0, 0.05) is 38.1 Å². The molecule has 1 aromatic rings. The first-order valence-electron chi connectivity index (χ1n) is 5.85. The predicted octanol–water partition coefficient (Wildman–Crippen LogP) is 1.08. The van der Waals surface area contributed by atoms with Gasteiger partial charge >= 0.3 is 0 Å². The van der Waals surface area contributed by atoms with E-state index < -0.39 is 0 Å². The largest absolute Gasteiger partial charge is 0.383 e. The van der Waals surface area contributed by atoms with E-state index in [4.69, 9.17) is 4.74 Å². The van der Waals surface area contributed by atoms with Crippen molar-refractivity contribution < 1.29 is 4.74 Å². The van der Waals surface area contributed by atoms with Gasteiger partial charge in [-0.2, -0.15) is 0 Å². The van der Waals surface area contributed by atoms with Crippen LogP contribution in [-0.2, 0) is 4.74 Å². The molecule has 0 radical (unpaired) electrons. The summed E-state index contributed by atoms with van der Waals surface area (Å²) in [5.41, 5.74) is 1.99. The van der Waals surface area contributed by atoms with Crippen LogP contribution < -0.4 is 5.32 Å². The van der Waals surface area contributed by atoms with Gasteiger partial charge in [-0.05, 0) is 27.0 Å². The highest BCUT2D eigenvalue weighted by Crippen LogP contribution is 2.02. The van der Waals surface area contributed by atoms with Crippen LogP contribution in [0.15, 0.2) is 6.07 Å². The lowest BCUT2D eigenvalue weighted by atomic mass is 10.4. The van der Waals surface area contributed by atoms with Crippen LogP contribution in [0, 0.1) is 13.8 Å². The van der Waals surface area contributed by atoms with E-state index in [0.29, 0.717) is 5.95 Å². The van der Waals surface area contributed by atoms with Crippen molar-refractivity contribution >= 4 is 5.95 Å². The van der Waals surface area contributed by atoms with Crippen molar-refractivity contribution in [1.29, 1.82) is 0 Å². The molecule has 0 aliphatic heterocycles. The fraction of sp³-hybridized carbons (Fsp3) is 0.667. The molecule has 0 amide bonds. The number of likely N-dealkylation sites (N-methyl/N-ethyl adjacent to an activating group) is 1. The Kier molecular flexibility index (Phi) is 5.86. The molecule has 0 aliphatic carbocycles. The summed E-state index contributed by atoms with van der Waals surface area (Å²) in [5.74, 6) is 0.711. The number of nitrogens with one attached hydrogen (secondary N) is 1. The van der Waals surface area contributed by atoms with Crippen molar-refractivity contribution in [1.82, 2.24) is 14.9 Å². The lowest BCUT2D eigenvalue weighted by Gasteiger charge is -2.16. The molecule has 0 unspecified atom stereocenters. The van der Waals surface area contributed by atoms with Crippen LogP contribution in [0.3, 0.4) is 0 Å². The molecule has 1 rings (SSSR count). The molecule has 0 saturated heterocycles. The summed E-state index contributed by atoms with van der Waals surface area (Å²) < 4.78 is 5.02. The van der Waals surface area contributed by atoms with E-state index in [2.05, 4.69) is 27.2 Å². The number of hydrogen-bond donors (Lipinski definition) is 1. The number of aryl methyl sites for hydroxylation is 2. The maximum atomic E-state index is 5.02. The number of ether oxygens (including phenoxy) is 1. The van der Waals surface area contributed by atoms with Gasteiger partial charge < -0.3 is 15.0 Å². The van der Waals surface area contributed by atoms with E-state index in [9.17, 15) is 0 Å². The van der Waals surface area contributed by atoms with Gasteiger partial charge in [-0.25, -0.2) is 9.97 Å². The van der Waals surface area contributed by atoms with Gasteiger partial charge in [0.05, 0.1) is 6.61 Å². The minimum absolute atomic E-state index is 0.711. The second-order valence-corrected chi connectivity index (χ2v) is 4.20. The maximum absolute atomic E-state index is 5.02. The lowest BCUT2D eigenvalue weighted by molar-refractivity contribution is 0.163. The van der Waals surface area contributed by atoms with Crippen molar-refractivity contribution in [2.24, 2.45) is 0 Å². The minimum Gasteiger partial charge on any atom is -0.383 e. The Bertz CT molecular complexity index is 323. The van der Waals surface area contributed by atoms with E-state index in [-0.39, 0.29) is 0 Å². The number of nitrogens with zero attached hydrogens (tertiary/aromatic N) is 3. The second-order valence-electron chi connectivity index (χ2n) is 4.20. The third-order valence-electron chi connectivity index (χ3n) is 2.44. The molecule has 1 aromatic heterocycles. The Morgan fingerprint density at radius 1 is 1.24 bits per heavy atom. The molecule has 0 bridgehead atoms. The Labute approximate surface area is 103 Å². The van der Waals surface area contributed by atoms with Crippen molar-refractivity contribution in [2.75, 3.05) is 45.7 Å². The standard InChI is InChI=1S/C12H22N4O/c1-10-9-11(2)15-12(14-10)13-5-6-16(3)7-8-17-4/h9H,5-8H2,1-4H3,(H,13,14,15). The zero-order valence-electron chi connectivity index (χ0n) is 11.2. The smallest absolute Gasteiger partial charge is 0.223 e.